The highest BCUT2D eigenvalue weighted by atomic mass is 16.2. The number of nitrogens with one attached hydrogen (secondary N) is 1. The fourth-order valence-corrected chi connectivity index (χ4v) is 2.60. The highest BCUT2D eigenvalue weighted by molar-refractivity contribution is 5.96. The summed E-state index contributed by atoms with van der Waals surface area (Å²) < 4.78 is 0. The number of aromatic nitrogens is 2. The third-order valence-corrected chi connectivity index (χ3v) is 3.62. The number of anilines is 1. The maximum absolute atomic E-state index is 12.2. The van der Waals surface area contributed by atoms with E-state index in [0.717, 1.165) is 19.3 Å². The average molecular weight is 268 g/mol. The predicted octanol–water partition coefficient (Wildman–Crippen LogP) is 1.35. The zero-order valence-corrected chi connectivity index (χ0v) is 11.0. The molecule has 5 heteroatoms. The van der Waals surface area contributed by atoms with E-state index in [2.05, 4.69) is 33.5 Å². The molecule has 1 aromatic heterocycles. The van der Waals surface area contributed by atoms with Crippen molar-refractivity contribution in [2.45, 2.75) is 25.3 Å². The van der Waals surface area contributed by atoms with E-state index in [1.807, 2.05) is 6.07 Å². The maximum Gasteiger partial charge on any atom is 0.273 e. The van der Waals surface area contributed by atoms with Gasteiger partial charge in [0.05, 0.1) is 0 Å². The molecule has 0 spiro atoms. The Balaban J connectivity index is 1.71. The van der Waals surface area contributed by atoms with Crippen LogP contribution in [-0.2, 0) is 12.8 Å². The molecule has 1 aliphatic carbocycles. The number of nitrogens with two attached hydrogens (primary N) is 1. The number of carbonyl (C=O) groups excluding carboxylic acids is 1. The lowest BCUT2D eigenvalue weighted by atomic mass is 9.88. The van der Waals surface area contributed by atoms with E-state index in [1.54, 1.807) is 0 Å². The van der Waals surface area contributed by atoms with E-state index in [-0.39, 0.29) is 23.5 Å². The Kier molecular flexibility index (Phi) is 3.33. The number of fused-ring (bicyclic) bond motifs is 1. The Bertz CT molecular complexity index is 641. The van der Waals surface area contributed by atoms with Crippen LogP contribution in [0.1, 0.15) is 28.0 Å². The van der Waals surface area contributed by atoms with Gasteiger partial charge in [-0.1, -0.05) is 24.3 Å². The summed E-state index contributed by atoms with van der Waals surface area (Å²) in [5.74, 6) is -0.0822. The van der Waals surface area contributed by atoms with Gasteiger partial charge in [-0.15, -0.1) is 0 Å². The van der Waals surface area contributed by atoms with Crippen molar-refractivity contribution >= 4 is 11.7 Å². The Morgan fingerprint density at radius 1 is 1.20 bits per heavy atom. The van der Waals surface area contributed by atoms with Gasteiger partial charge < -0.3 is 11.1 Å². The van der Waals surface area contributed by atoms with Crippen LogP contribution in [0.2, 0.25) is 0 Å². The zero-order chi connectivity index (χ0) is 13.9. The molecule has 1 amide bonds. The van der Waals surface area contributed by atoms with Crippen LogP contribution < -0.4 is 11.1 Å². The minimum absolute atomic E-state index is 0.124. The minimum atomic E-state index is -0.250. The molecular weight excluding hydrogens is 252 g/mol. The fraction of sp³-hybridized carbons (Fsp3) is 0.267. The van der Waals surface area contributed by atoms with Crippen molar-refractivity contribution in [3.05, 3.63) is 53.5 Å². The van der Waals surface area contributed by atoms with Gasteiger partial charge in [-0.2, -0.15) is 0 Å². The summed E-state index contributed by atoms with van der Waals surface area (Å²) in [4.78, 5) is 20.0. The smallest absolute Gasteiger partial charge is 0.273 e. The van der Waals surface area contributed by atoms with Crippen LogP contribution in [0.15, 0.2) is 36.7 Å². The quantitative estimate of drug-likeness (QED) is 0.861. The number of amides is 1. The van der Waals surface area contributed by atoms with Crippen molar-refractivity contribution in [3.63, 3.8) is 0 Å². The molecule has 2 aromatic rings. The van der Waals surface area contributed by atoms with Gasteiger partial charge in [-0.05, 0) is 30.4 Å². The van der Waals surface area contributed by atoms with E-state index in [9.17, 15) is 4.79 Å². The topological polar surface area (TPSA) is 80.9 Å². The number of hydrogen-bond donors (Lipinski definition) is 2. The molecule has 0 saturated heterocycles. The molecule has 0 radical (unpaired) electrons. The molecule has 0 bridgehead atoms. The Hall–Kier alpha value is -2.43. The molecule has 102 valence electrons. The third-order valence-electron chi connectivity index (χ3n) is 3.62. The largest absolute Gasteiger partial charge is 0.382 e. The van der Waals surface area contributed by atoms with Gasteiger partial charge in [0.2, 0.25) is 0 Å². The molecule has 0 saturated carbocycles. The molecule has 20 heavy (non-hydrogen) atoms. The van der Waals surface area contributed by atoms with Gasteiger partial charge in [0.15, 0.2) is 11.5 Å². The molecule has 0 unspecified atom stereocenters. The van der Waals surface area contributed by atoms with Crippen LogP contribution in [0.4, 0.5) is 5.82 Å². The number of nitrogens with zero attached hydrogens (tertiary/aromatic N) is 2. The molecule has 3 rings (SSSR count). The first kappa shape index (κ1) is 12.6. The molecule has 1 aliphatic rings. The lowest BCUT2D eigenvalue weighted by molar-refractivity contribution is 0.0929. The van der Waals surface area contributed by atoms with Crippen molar-refractivity contribution in [2.24, 2.45) is 0 Å². The van der Waals surface area contributed by atoms with Gasteiger partial charge in [-0.3, -0.25) is 4.79 Å². The van der Waals surface area contributed by atoms with Gasteiger partial charge in [-0.25, -0.2) is 9.97 Å². The number of aryl methyl sites for hydroxylation is 1. The SMILES string of the molecule is Nc1nccnc1C(=O)N[C@@H]1CCc2ccccc2C1. The number of hydrogen-bond acceptors (Lipinski definition) is 4. The summed E-state index contributed by atoms with van der Waals surface area (Å²) in [7, 11) is 0. The second kappa shape index (κ2) is 5.28. The molecule has 0 fully saturated rings. The van der Waals surface area contributed by atoms with Crippen LogP contribution >= 0.6 is 0 Å². The zero-order valence-electron chi connectivity index (χ0n) is 11.0. The summed E-state index contributed by atoms with van der Waals surface area (Å²) in [6.07, 6.45) is 5.71. The maximum atomic E-state index is 12.2. The predicted molar refractivity (Wildman–Crippen MR) is 76.2 cm³/mol. The van der Waals surface area contributed by atoms with E-state index in [1.165, 1.54) is 23.5 Å². The number of benzene rings is 1. The van der Waals surface area contributed by atoms with Crippen LogP contribution in [0.3, 0.4) is 0 Å². The van der Waals surface area contributed by atoms with Crippen molar-refractivity contribution in [1.29, 1.82) is 0 Å². The van der Waals surface area contributed by atoms with Crippen LogP contribution in [-0.4, -0.2) is 21.9 Å². The molecule has 1 aromatic carbocycles. The first-order valence-electron chi connectivity index (χ1n) is 6.68. The fourth-order valence-electron chi connectivity index (χ4n) is 2.60. The molecule has 0 aliphatic heterocycles. The van der Waals surface area contributed by atoms with Crippen molar-refractivity contribution in [3.8, 4) is 0 Å². The van der Waals surface area contributed by atoms with Gasteiger partial charge in [0.25, 0.3) is 5.91 Å². The average Bonchev–Trinajstić information content (AvgIpc) is 2.47. The van der Waals surface area contributed by atoms with Crippen molar-refractivity contribution in [2.75, 3.05) is 5.73 Å². The second-order valence-electron chi connectivity index (χ2n) is 4.97. The monoisotopic (exact) mass is 268 g/mol. The molecule has 3 N–H and O–H groups in total. The second-order valence-corrected chi connectivity index (χ2v) is 4.97. The first-order chi connectivity index (χ1) is 9.74. The Morgan fingerprint density at radius 3 is 2.75 bits per heavy atom. The Labute approximate surface area is 117 Å². The number of carbonyl (C=O) groups is 1. The van der Waals surface area contributed by atoms with Crippen LogP contribution in [0.25, 0.3) is 0 Å². The summed E-state index contributed by atoms with van der Waals surface area (Å²) in [6, 6.07) is 8.47. The van der Waals surface area contributed by atoms with E-state index in [0.29, 0.717) is 0 Å². The van der Waals surface area contributed by atoms with Crippen LogP contribution in [0.5, 0.6) is 0 Å². The molecule has 1 atom stereocenters. The first-order valence-corrected chi connectivity index (χ1v) is 6.68. The molecule has 5 nitrogen and oxygen atoms in total. The van der Waals surface area contributed by atoms with Gasteiger partial charge >= 0.3 is 0 Å². The normalized spacial score (nSPS) is 17.3. The van der Waals surface area contributed by atoms with Gasteiger partial charge in [0, 0.05) is 18.4 Å². The van der Waals surface area contributed by atoms with E-state index < -0.39 is 0 Å². The van der Waals surface area contributed by atoms with Crippen molar-refractivity contribution < 1.29 is 4.79 Å². The lowest BCUT2D eigenvalue weighted by Crippen LogP contribution is -2.39. The molecular formula is C15H16N4O. The van der Waals surface area contributed by atoms with E-state index >= 15 is 0 Å². The van der Waals surface area contributed by atoms with Crippen molar-refractivity contribution in [1.82, 2.24) is 15.3 Å². The summed E-state index contributed by atoms with van der Waals surface area (Å²) in [6.45, 7) is 0. The van der Waals surface area contributed by atoms with E-state index in [4.69, 9.17) is 5.73 Å². The summed E-state index contributed by atoms with van der Waals surface area (Å²) in [5.41, 5.74) is 8.54. The number of rotatable bonds is 2. The lowest BCUT2D eigenvalue weighted by Gasteiger charge is -2.25. The number of nitrogen functional groups attached to an aromatic ring is 1. The summed E-state index contributed by atoms with van der Waals surface area (Å²) >= 11 is 0. The van der Waals surface area contributed by atoms with Crippen LogP contribution in [0, 0.1) is 0 Å². The standard InChI is InChI=1S/C15H16N4O/c16-14-13(17-7-8-18-14)15(20)19-12-6-5-10-3-1-2-4-11(10)9-12/h1-4,7-8,12H,5-6,9H2,(H2,16,18)(H,19,20)/t12-/m1/s1. The third kappa shape index (κ3) is 2.47. The summed E-state index contributed by atoms with van der Waals surface area (Å²) in [5, 5.41) is 3.00. The highest BCUT2D eigenvalue weighted by Gasteiger charge is 2.21. The minimum Gasteiger partial charge on any atom is -0.382 e. The molecule has 1 heterocycles. The highest BCUT2D eigenvalue weighted by Crippen LogP contribution is 2.21. The van der Waals surface area contributed by atoms with Gasteiger partial charge in [0.1, 0.15) is 0 Å². The Morgan fingerprint density at radius 2 is 1.95 bits per heavy atom.